The van der Waals surface area contributed by atoms with Gasteiger partial charge in [0.1, 0.15) is 5.75 Å². The van der Waals surface area contributed by atoms with Crippen molar-refractivity contribution in [2.75, 3.05) is 7.11 Å². The van der Waals surface area contributed by atoms with Gasteiger partial charge in [-0.1, -0.05) is 11.6 Å². The van der Waals surface area contributed by atoms with Crippen molar-refractivity contribution in [3.8, 4) is 5.75 Å². The average Bonchev–Trinajstić information content (AvgIpc) is 2.62. The molecule has 2 rings (SSSR count). The van der Waals surface area contributed by atoms with E-state index in [1.807, 2.05) is 17.5 Å². The highest BCUT2D eigenvalue weighted by atomic mass is 35.5. The fraction of sp³-hybridized carbons (Fsp3) is 0.182. The van der Waals surface area contributed by atoms with E-state index in [4.69, 9.17) is 22.1 Å². The number of nitrogens with two attached hydrogens (primary N) is 1. The van der Waals surface area contributed by atoms with Crippen LogP contribution in [0.3, 0.4) is 0 Å². The van der Waals surface area contributed by atoms with Crippen LogP contribution in [0, 0.1) is 0 Å². The highest BCUT2D eigenvalue weighted by Gasteiger charge is 2.13. The van der Waals surface area contributed by atoms with Crippen LogP contribution in [-0.2, 0) is 11.2 Å². The Morgan fingerprint density at radius 3 is 2.94 bits per heavy atom. The van der Waals surface area contributed by atoms with Gasteiger partial charge in [-0.3, -0.25) is 4.79 Å². The lowest BCUT2D eigenvalue weighted by Gasteiger charge is -2.05. The second-order valence-corrected chi connectivity index (χ2v) is 4.65. The van der Waals surface area contributed by atoms with E-state index in [-0.39, 0.29) is 12.3 Å². The zero-order valence-electron chi connectivity index (χ0n) is 8.62. The Hall–Kier alpha value is -1.26. The largest absolute Gasteiger partial charge is 0.495 e. The standard InChI is InChI=1S/C11H10ClNO2S/c1-15-7-2-3-8-10(11(7)12)6(5-16-8)4-9(13)14/h2-3,5H,4H2,1H3,(H2,13,14). The molecule has 0 aliphatic rings. The number of benzene rings is 1. The minimum atomic E-state index is -0.362. The highest BCUT2D eigenvalue weighted by Crippen LogP contribution is 2.38. The second kappa shape index (κ2) is 4.31. The van der Waals surface area contributed by atoms with Crippen molar-refractivity contribution in [1.82, 2.24) is 0 Å². The molecule has 0 aliphatic carbocycles. The fourth-order valence-electron chi connectivity index (χ4n) is 1.61. The number of thiophene rings is 1. The molecule has 84 valence electrons. The molecule has 0 bridgehead atoms. The van der Waals surface area contributed by atoms with Crippen LogP contribution >= 0.6 is 22.9 Å². The molecule has 5 heteroatoms. The predicted octanol–water partition coefficient (Wildman–Crippen LogP) is 2.59. The zero-order valence-corrected chi connectivity index (χ0v) is 10.2. The molecule has 1 aromatic carbocycles. The molecule has 3 nitrogen and oxygen atoms in total. The molecule has 0 saturated heterocycles. The van der Waals surface area contributed by atoms with Gasteiger partial charge < -0.3 is 10.5 Å². The minimum Gasteiger partial charge on any atom is -0.495 e. The monoisotopic (exact) mass is 255 g/mol. The number of rotatable bonds is 3. The van der Waals surface area contributed by atoms with E-state index in [0.29, 0.717) is 10.8 Å². The molecular weight excluding hydrogens is 246 g/mol. The van der Waals surface area contributed by atoms with E-state index in [2.05, 4.69) is 0 Å². The van der Waals surface area contributed by atoms with E-state index in [9.17, 15) is 4.79 Å². The first-order valence-corrected chi connectivity index (χ1v) is 5.90. The maximum atomic E-state index is 10.9. The number of carbonyl (C=O) groups excluding carboxylic acids is 1. The summed E-state index contributed by atoms with van der Waals surface area (Å²) >= 11 is 7.74. The molecule has 2 N–H and O–H groups in total. The van der Waals surface area contributed by atoms with Gasteiger partial charge in [0.15, 0.2) is 0 Å². The van der Waals surface area contributed by atoms with Gasteiger partial charge in [0.2, 0.25) is 5.91 Å². The molecule has 0 saturated carbocycles. The molecule has 1 aromatic heterocycles. The van der Waals surface area contributed by atoms with E-state index in [1.165, 1.54) is 0 Å². The molecule has 16 heavy (non-hydrogen) atoms. The molecule has 0 radical (unpaired) electrons. The first-order chi connectivity index (χ1) is 7.63. The minimum absolute atomic E-state index is 0.201. The van der Waals surface area contributed by atoms with Crippen molar-refractivity contribution in [3.63, 3.8) is 0 Å². The van der Waals surface area contributed by atoms with E-state index in [0.717, 1.165) is 15.6 Å². The first-order valence-electron chi connectivity index (χ1n) is 4.64. The Bertz CT molecular complexity index is 550. The summed E-state index contributed by atoms with van der Waals surface area (Å²) in [7, 11) is 1.56. The number of methoxy groups -OCH3 is 1. The maximum absolute atomic E-state index is 10.9. The zero-order chi connectivity index (χ0) is 11.7. The van der Waals surface area contributed by atoms with Crippen LogP contribution in [0.15, 0.2) is 17.5 Å². The second-order valence-electron chi connectivity index (χ2n) is 3.36. The average molecular weight is 256 g/mol. The van der Waals surface area contributed by atoms with Crippen LogP contribution in [0.25, 0.3) is 10.1 Å². The van der Waals surface area contributed by atoms with Gasteiger partial charge in [-0.15, -0.1) is 11.3 Å². The third-order valence-corrected chi connectivity index (χ3v) is 3.67. The van der Waals surface area contributed by atoms with Crippen LogP contribution < -0.4 is 10.5 Å². The summed E-state index contributed by atoms with van der Waals surface area (Å²) in [5.41, 5.74) is 6.04. The molecule has 0 aliphatic heterocycles. The Labute approximate surface area is 102 Å². The van der Waals surface area contributed by atoms with Crippen LogP contribution in [0.1, 0.15) is 5.56 Å². The number of fused-ring (bicyclic) bond motifs is 1. The molecule has 2 aromatic rings. The van der Waals surface area contributed by atoms with Crippen LogP contribution in [0.4, 0.5) is 0 Å². The van der Waals surface area contributed by atoms with Gasteiger partial charge in [-0.25, -0.2) is 0 Å². The fourth-order valence-corrected chi connectivity index (χ4v) is 2.99. The van der Waals surface area contributed by atoms with E-state index in [1.54, 1.807) is 18.4 Å². The molecule has 0 spiro atoms. The van der Waals surface area contributed by atoms with Gasteiger partial charge in [-0.05, 0) is 23.1 Å². The number of halogens is 1. The van der Waals surface area contributed by atoms with Crippen LogP contribution in [0.5, 0.6) is 5.75 Å². The van der Waals surface area contributed by atoms with Gasteiger partial charge >= 0.3 is 0 Å². The molecule has 0 unspecified atom stereocenters. The van der Waals surface area contributed by atoms with Gasteiger partial charge in [-0.2, -0.15) is 0 Å². The molecular formula is C11H10ClNO2S. The highest BCUT2D eigenvalue weighted by molar-refractivity contribution is 7.17. The summed E-state index contributed by atoms with van der Waals surface area (Å²) in [6, 6.07) is 3.74. The summed E-state index contributed by atoms with van der Waals surface area (Å²) < 4.78 is 6.17. The molecule has 1 amide bonds. The summed E-state index contributed by atoms with van der Waals surface area (Å²) in [5, 5.41) is 3.31. The van der Waals surface area contributed by atoms with Crippen molar-refractivity contribution in [2.45, 2.75) is 6.42 Å². The Morgan fingerprint density at radius 1 is 1.56 bits per heavy atom. The lowest BCUT2D eigenvalue weighted by Crippen LogP contribution is -2.13. The third kappa shape index (κ3) is 1.86. The number of ether oxygens (including phenoxy) is 1. The summed E-state index contributed by atoms with van der Waals surface area (Å²) in [6.45, 7) is 0. The number of carbonyl (C=O) groups is 1. The Kier molecular flexibility index (Phi) is 3.03. The topological polar surface area (TPSA) is 52.3 Å². The Morgan fingerprint density at radius 2 is 2.31 bits per heavy atom. The van der Waals surface area contributed by atoms with Crippen molar-refractivity contribution in [3.05, 3.63) is 28.1 Å². The normalized spacial score (nSPS) is 10.6. The SMILES string of the molecule is COc1ccc2scc(CC(N)=O)c2c1Cl. The molecule has 0 fully saturated rings. The van der Waals surface area contributed by atoms with Crippen molar-refractivity contribution >= 4 is 38.9 Å². The maximum Gasteiger partial charge on any atom is 0.221 e. The lowest BCUT2D eigenvalue weighted by molar-refractivity contribution is -0.117. The van der Waals surface area contributed by atoms with Crippen LogP contribution in [-0.4, -0.2) is 13.0 Å². The smallest absolute Gasteiger partial charge is 0.221 e. The quantitative estimate of drug-likeness (QED) is 0.917. The number of hydrogen-bond donors (Lipinski definition) is 1. The first kappa shape index (κ1) is 11.2. The van der Waals surface area contributed by atoms with E-state index >= 15 is 0 Å². The molecule has 0 atom stereocenters. The van der Waals surface area contributed by atoms with E-state index < -0.39 is 0 Å². The van der Waals surface area contributed by atoms with Crippen molar-refractivity contribution in [2.24, 2.45) is 5.73 Å². The third-order valence-electron chi connectivity index (χ3n) is 2.30. The number of primary amides is 1. The lowest BCUT2D eigenvalue weighted by atomic mass is 10.1. The summed E-state index contributed by atoms with van der Waals surface area (Å²) in [6.07, 6.45) is 0.201. The van der Waals surface area contributed by atoms with Gasteiger partial charge in [0, 0.05) is 10.1 Å². The van der Waals surface area contributed by atoms with Crippen molar-refractivity contribution < 1.29 is 9.53 Å². The number of amides is 1. The summed E-state index contributed by atoms with van der Waals surface area (Å²) in [4.78, 5) is 10.9. The van der Waals surface area contributed by atoms with Crippen LogP contribution in [0.2, 0.25) is 5.02 Å². The van der Waals surface area contributed by atoms with Crippen molar-refractivity contribution in [1.29, 1.82) is 0 Å². The van der Waals surface area contributed by atoms with Gasteiger partial charge in [0.05, 0.1) is 18.6 Å². The number of hydrogen-bond acceptors (Lipinski definition) is 3. The van der Waals surface area contributed by atoms with Gasteiger partial charge in [0.25, 0.3) is 0 Å². The molecule has 1 heterocycles. The predicted molar refractivity (Wildman–Crippen MR) is 66.3 cm³/mol. The summed E-state index contributed by atoms with van der Waals surface area (Å²) in [5.74, 6) is 0.247. The Balaban J connectivity index is 2.63.